The van der Waals surface area contributed by atoms with E-state index in [4.69, 9.17) is 16.0 Å². The molecule has 0 aromatic carbocycles. The molecule has 0 bridgehead atoms. The van der Waals surface area contributed by atoms with Gasteiger partial charge in [0, 0.05) is 5.88 Å². The summed E-state index contributed by atoms with van der Waals surface area (Å²) in [5.74, 6) is 4.00. The van der Waals surface area contributed by atoms with Gasteiger partial charge in [0.2, 0.25) is 0 Å². The summed E-state index contributed by atoms with van der Waals surface area (Å²) >= 11 is 7.45. The Morgan fingerprint density at radius 2 is 2.33 bits per heavy atom. The molecule has 3 heteroatoms. The van der Waals surface area contributed by atoms with E-state index >= 15 is 0 Å². The fraction of sp³-hybridized carbons (Fsp3) is 0.556. The molecule has 0 unspecified atom stereocenters. The quantitative estimate of drug-likeness (QED) is 0.520. The van der Waals surface area contributed by atoms with Crippen molar-refractivity contribution >= 4 is 23.4 Å². The lowest BCUT2D eigenvalue weighted by atomic mass is 10.4. The lowest BCUT2D eigenvalue weighted by molar-refractivity contribution is 0.530. The first-order chi connectivity index (χ1) is 5.93. The fourth-order valence-corrected chi connectivity index (χ4v) is 1.97. The van der Waals surface area contributed by atoms with Gasteiger partial charge in [-0.3, -0.25) is 0 Å². The first kappa shape index (κ1) is 10.0. The van der Waals surface area contributed by atoms with E-state index in [1.54, 1.807) is 6.26 Å². The van der Waals surface area contributed by atoms with Gasteiger partial charge in [0.1, 0.15) is 5.76 Å². The number of furan rings is 1. The van der Waals surface area contributed by atoms with Crippen LogP contribution >= 0.6 is 23.4 Å². The average molecular weight is 205 g/mol. The lowest BCUT2D eigenvalue weighted by Gasteiger charge is -1.96. The number of rotatable bonds is 6. The smallest absolute Gasteiger partial charge is 0.113 e. The summed E-state index contributed by atoms with van der Waals surface area (Å²) in [6.07, 6.45) is 4.04. The van der Waals surface area contributed by atoms with Gasteiger partial charge < -0.3 is 4.42 Å². The summed E-state index contributed by atoms with van der Waals surface area (Å²) < 4.78 is 5.19. The summed E-state index contributed by atoms with van der Waals surface area (Å²) in [5, 5.41) is 0. The molecule has 0 spiro atoms. The van der Waals surface area contributed by atoms with Gasteiger partial charge in [0.15, 0.2) is 0 Å². The van der Waals surface area contributed by atoms with Crippen LogP contribution in [0.2, 0.25) is 0 Å². The molecular formula is C9H13ClOS. The molecule has 0 saturated heterocycles. The van der Waals surface area contributed by atoms with E-state index in [0.29, 0.717) is 0 Å². The minimum atomic E-state index is 0.779. The van der Waals surface area contributed by atoms with Crippen molar-refractivity contribution < 1.29 is 4.42 Å². The maximum absolute atomic E-state index is 5.55. The van der Waals surface area contributed by atoms with Crippen LogP contribution < -0.4 is 0 Å². The highest BCUT2D eigenvalue weighted by Gasteiger charge is 1.94. The van der Waals surface area contributed by atoms with E-state index in [9.17, 15) is 0 Å². The van der Waals surface area contributed by atoms with Crippen LogP contribution in [0.25, 0.3) is 0 Å². The Bertz CT molecular complexity index is 186. The number of hydrogen-bond donors (Lipinski definition) is 0. The van der Waals surface area contributed by atoms with Gasteiger partial charge >= 0.3 is 0 Å². The molecule has 1 aromatic heterocycles. The van der Waals surface area contributed by atoms with Gasteiger partial charge in [0.05, 0.1) is 12.0 Å². The van der Waals surface area contributed by atoms with Gasteiger partial charge in [-0.1, -0.05) is 0 Å². The molecule has 12 heavy (non-hydrogen) atoms. The maximum Gasteiger partial charge on any atom is 0.113 e. The number of unbranched alkanes of at least 4 members (excludes halogenated alkanes) is 1. The van der Waals surface area contributed by atoms with E-state index in [0.717, 1.165) is 23.8 Å². The van der Waals surface area contributed by atoms with Crippen molar-refractivity contribution in [2.45, 2.75) is 18.6 Å². The molecule has 0 aliphatic rings. The van der Waals surface area contributed by atoms with E-state index in [1.165, 1.54) is 12.2 Å². The Morgan fingerprint density at radius 3 is 3.00 bits per heavy atom. The molecule has 0 aliphatic carbocycles. The summed E-state index contributed by atoms with van der Waals surface area (Å²) in [5.41, 5.74) is 0. The van der Waals surface area contributed by atoms with E-state index in [2.05, 4.69) is 0 Å². The Morgan fingerprint density at radius 1 is 1.42 bits per heavy atom. The molecule has 1 rings (SSSR count). The topological polar surface area (TPSA) is 13.1 Å². The third-order valence-electron chi connectivity index (χ3n) is 1.50. The molecule has 1 heterocycles. The van der Waals surface area contributed by atoms with Crippen LogP contribution in [0.1, 0.15) is 18.6 Å². The standard InChI is InChI=1S/C9H13ClOS/c10-5-1-2-7-12-8-9-4-3-6-11-9/h3-4,6H,1-2,5,7-8H2. The Labute approximate surface area is 82.5 Å². The summed E-state index contributed by atoms with van der Waals surface area (Å²) in [7, 11) is 0. The van der Waals surface area contributed by atoms with Gasteiger partial charge in [-0.25, -0.2) is 0 Å². The first-order valence-corrected chi connectivity index (χ1v) is 5.78. The van der Waals surface area contributed by atoms with Crippen molar-refractivity contribution in [2.24, 2.45) is 0 Å². The molecule has 0 N–H and O–H groups in total. The Balaban J connectivity index is 1.96. The van der Waals surface area contributed by atoms with Crippen LogP contribution in [0.15, 0.2) is 22.8 Å². The molecule has 1 aromatic rings. The third kappa shape index (κ3) is 4.07. The predicted molar refractivity (Wildman–Crippen MR) is 54.8 cm³/mol. The van der Waals surface area contributed by atoms with Crippen LogP contribution in [0.5, 0.6) is 0 Å². The van der Waals surface area contributed by atoms with Crippen molar-refractivity contribution in [1.82, 2.24) is 0 Å². The van der Waals surface area contributed by atoms with Gasteiger partial charge in [-0.2, -0.15) is 11.8 Å². The zero-order chi connectivity index (χ0) is 8.65. The molecule has 0 amide bonds. The van der Waals surface area contributed by atoms with E-state index in [-0.39, 0.29) is 0 Å². The molecule has 68 valence electrons. The van der Waals surface area contributed by atoms with E-state index in [1.807, 2.05) is 23.9 Å². The highest BCUT2D eigenvalue weighted by molar-refractivity contribution is 7.98. The normalized spacial score (nSPS) is 10.4. The zero-order valence-electron chi connectivity index (χ0n) is 6.96. The number of hydrogen-bond acceptors (Lipinski definition) is 2. The Kier molecular flexibility index (Phi) is 5.37. The van der Waals surface area contributed by atoms with Crippen molar-refractivity contribution in [1.29, 1.82) is 0 Å². The van der Waals surface area contributed by atoms with Crippen LogP contribution in [-0.4, -0.2) is 11.6 Å². The van der Waals surface area contributed by atoms with Gasteiger partial charge in [0.25, 0.3) is 0 Å². The van der Waals surface area contributed by atoms with Crippen molar-refractivity contribution in [3.63, 3.8) is 0 Å². The second kappa shape index (κ2) is 6.44. The summed E-state index contributed by atoms with van der Waals surface area (Å²) in [6.45, 7) is 0. The van der Waals surface area contributed by atoms with E-state index < -0.39 is 0 Å². The van der Waals surface area contributed by atoms with Crippen molar-refractivity contribution in [3.05, 3.63) is 24.2 Å². The fourth-order valence-electron chi connectivity index (χ4n) is 0.866. The first-order valence-electron chi connectivity index (χ1n) is 4.09. The molecular weight excluding hydrogens is 192 g/mol. The molecule has 0 fully saturated rings. The molecule has 0 aliphatic heterocycles. The minimum absolute atomic E-state index is 0.779. The lowest BCUT2D eigenvalue weighted by Crippen LogP contribution is -1.82. The van der Waals surface area contributed by atoms with Crippen LogP contribution in [0.4, 0.5) is 0 Å². The summed E-state index contributed by atoms with van der Waals surface area (Å²) in [4.78, 5) is 0. The largest absolute Gasteiger partial charge is 0.468 e. The van der Waals surface area contributed by atoms with Crippen molar-refractivity contribution in [3.8, 4) is 0 Å². The highest BCUT2D eigenvalue weighted by Crippen LogP contribution is 2.13. The molecule has 1 nitrogen and oxygen atoms in total. The second-order valence-corrected chi connectivity index (χ2v) is 4.01. The number of thioether (sulfide) groups is 1. The SMILES string of the molecule is ClCCCCSCc1ccco1. The maximum atomic E-state index is 5.55. The van der Waals surface area contributed by atoms with Gasteiger partial charge in [-0.15, -0.1) is 11.6 Å². The molecule has 0 radical (unpaired) electrons. The van der Waals surface area contributed by atoms with Crippen LogP contribution in [-0.2, 0) is 5.75 Å². The average Bonchev–Trinajstić information content (AvgIpc) is 2.57. The van der Waals surface area contributed by atoms with Crippen LogP contribution in [0.3, 0.4) is 0 Å². The monoisotopic (exact) mass is 204 g/mol. The number of halogens is 1. The molecule has 0 saturated carbocycles. The predicted octanol–water partition coefficient (Wildman–Crippen LogP) is 3.53. The minimum Gasteiger partial charge on any atom is -0.468 e. The molecule has 0 atom stereocenters. The highest BCUT2D eigenvalue weighted by atomic mass is 35.5. The van der Waals surface area contributed by atoms with Crippen molar-refractivity contribution in [2.75, 3.05) is 11.6 Å². The summed E-state index contributed by atoms with van der Waals surface area (Å²) in [6, 6.07) is 3.93. The second-order valence-electron chi connectivity index (χ2n) is 2.53. The van der Waals surface area contributed by atoms with Crippen LogP contribution in [0, 0.1) is 0 Å². The Hall–Kier alpha value is -0.0800. The zero-order valence-corrected chi connectivity index (χ0v) is 8.53. The third-order valence-corrected chi connectivity index (χ3v) is 2.83. The number of alkyl halides is 1. The van der Waals surface area contributed by atoms with Gasteiger partial charge in [-0.05, 0) is 30.7 Å².